The number of rotatable bonds is 28. The SMILES string of the molecule is C/C=C(\C)C(=O)O[C@@H]1[C@@H](OC(=O)C(C)C(C)O)[C@@H](O[C@@H]2O[C@H](CO)[C@@H](O)[C@H](O)[C@H]2O)[C@H](O[C@@H]2[C@@H](O)[C@@H](OC(=O)CCCCCCCCCCC)[C@H](O[C@@H]3[C@@H](O)[C@H]4OC(=O)CCCCCCCCCC(CCCCC)O[C@@H]5O[C@H](CO)[C@@H](O)[C@H](O)[C@H]5O[C@H]4O[C@H]3C)O[C@H]2C)O[C@H]1C. The van der Waals surface area contributed by atoms with E-state index < -0.39 is 203 Å². The summed E-state index contributed by atoms with van der Waals surface area (Å²) in [4.78, 5) is 55.6. The number of esters is 4. The van der Waals surface area contributed by atoms with Crippen LogP contribution in [-0.2, 0) is 85.5 Å². The first kappa shape index (κ1) is 81.8. The maximum absolute atomic E-state index is 14.2. The Morgan fingerprint density at radius 1 is 0.521 bits per heavy atom. The van der Waals surface area contributed by atoms with Gasteiger partial charge in [0.2, 0.25) is 0 Å². The van der Waals surface area contributed by atoms with Crippen molar-refractivity contribution in [3.05, 3.63) is 11.6 Å². The van der Waals surface area contributed by atoms with Crippen LogP contribution in [0.4, 0.5) is 0 Å². The van der Waals surface area contributed by atoms with Gasteiger partial charge in [-0.2, -0.15) is 0 Å². The molecular formula is C68H116O28. The molecule has 0 bridgehead atoms. The molecule has 6 aliphatic heterocycles. The molecule has 6 rings (SSSR count). The van der Waals surface area contributed by atoms with Crippen molar-refractivity contribution in [3.8, 4) is 0 Å². The number of aliphatic hydroxyl groups excluding tert-OH is 10. The third-order valence-corrected chi connectivity index (χ3v) is 19.3. The molecule has 556 valence electrons. The minimum absolute atomic E-state index is 0.0637. The number of carbonyl (C=O) groups excluding carboxylic acids is 4. The Morgan fingerprint density at radius 3 is 1.68 bits per heavy atom. The topological polar surface area (TPSA) is 400 Å². The average molecular weight is 1380 g/mol. The van der Waals surface area contributed by atoms with E-state index in [1.807, 2.05) is 0 Å². The van der Waals surface area contributed by atoms with Crippen molar-refractivity contribution in [2.24, 2.45) is 5.92 Å². The van der Waals surface area contributed by atoms with Crippen LogP contribution in [0.3, 0.4) is 0 Å². The summed E-state index contributed by atoms with van der Waals surface area (Å²) in [6.45, 7) is 12.8. The van der Waals surface area contributed by atoms with E-state index in [0.29, 0.717) is 38.5 Å². The van der Waals surface area contributed by atoms with Gasteiger partial charge in [-0.15, -0.1) is 0 Å². The van der Waals surface area contributed by atoms with Gasteiger partial charge in [-0.05, 0) is 74.1 Å². The normalized spacial score (nSPS) is 39.3. The molecule has 10 N–H and O–H groups in total. The van der Waals surface area contributed by atoms with Gasteiger partial charge in [0.15, 0.2) is 62.0 Å². The van der Waals surface area contributed by atoms with Crippen LogP contribution in [0, 0.1) is 5.92 Å². The van der Waals surface area contributed by atoms with Crippen LogP contribution in [0.5, 0.6) is 0 Å². The smallest absolute Gasteiger partial charge is 0.333 e. The molecule has 28 heteroatoms. The third kappa shape index (κ3) is 22.9. The van der Waals surface area contributed by atoms with Crippen molar-refractivity contribution in [1.82, 2.24) is 0 Å². The predicted octanol–water partition coefficient (Wildman–Crippen LogP) is 3.76. The minimum atomic E-state index is -2.06. The Labute approximate surface area is 565 Å². The lowest BCUT2D eigenvalue weighted by molar-refractivity contribution is -0.396. The first-order valence-electron chi connectivity index (χ1n) is 35.5. The second kappa shape index (κ2) is 41.1. The zero-order valence-corrected chi connectivity index (χ0v) is 57.7. The van der Waals surface area contributed by atoms with Crippen molar-refractivity contribution in [1.29, 1.82) is 0 Å². The molecular weight excluding hydrogens is 1260 g/mol. The minimum Gasteiger partial charge on any atom is -0.455 e. The number of ether oxygens (including phenoxy) is 14. The highest BCUT2D eigenvalue weighted by atomic mass is 16.8. The van der Waals surface area contributed by atoms with Crippen LogP contribution in [0.2, 0.25) is 0 Å². The number of carbonyl (C=O) groups is 4. The summed E-state index contributed by atoms with van der Waals surface area (Å²) in [5.41, 5.74) is 0.132. The summed E-state index contributed by atoms with van der Waals surface area (Å²) in [6.07, 6.45) is -24.4. The van der Waals surface area contributed by atoms with E-state index in [2.05, 4.69) is 13.8 Å². The van der Waals surface area contributed by atoms with Gasteiger partial charge in [0, 0.05) is 18.4 Å². The second-order valence-electron chi connectivity index (χ2n) is 26.9. The van der Waals surface area contributed by atoms with Crippen molar-refractivity contribution < 1.29 is 137 Å². The van der Waals surface area contributed by atoms with Gasteiger partial charge in [-0.25, -0.2) is 4.79 Å². The van der Waals surface area contributed by atoms with Crippen LogP contribution >= 0.6 is 0 Å². The first-order chi connectivity index (χ1) is 45.9. The highest BCUT2D eigenvalue weighted by Gasteiger charge is 2.59. The third-order valence-electron chi connectivity index (χ3n) is 19.3. The van der Waals surface area contributed by atoms with E-state index in [9.17, 15) is 70.2 Å². The lowest BCUT2D eigenvalue weighted by atomic mass is 9.95. The van der Waals surface area contributed by atoms with Gasteiger partial charge in [0.1, 0.15) is 73.2 Å². The van der Waals surface area contributed by atoms with Crippen molar-refractivity contribution in [2.75, 3.05) is 13.2 Å². The van der Waals surface area contributed by atoms with Gasteiger partial charge < -0.3 is 117 Å². The molecule has 0 radical (unpaired) electrons. The number of aliphatic hydroxyl groups is 10. The van der Waals surface area contributed by atoms with Crippen LogP contribution in [0.1, 0.15) is 210 Å². The van der Waals surface area contributed by atoms with Gasteiger partial charge >= 0.3 is 23.9 Å². The zero-order valence-electron chi connectivity index (χ0n) is 57.7. The molecule has 0 saturated carbocycles. The number of hydrogen-bond donors (Lipinski definition) is 10. The summed E-state index contributed by atoms with van der Waals surface area (Å²) < 4.78 is 88.1. The van der Waals surface area contributed by atoms with Gasteiger partial charge in [0.25, 0.3) is 0 Å². The van der Waals surface area contributed by atoms with E-state index in [1.165, 1.54) is 47.6 Å². The Balaban J connectivity index is 1.36. The van der Waals surface area contributed by atoms with Crippen LogP contribution in [0.25, 0.3) is 0 Å². The summed E-state index contributed by atoms with van der Waals surface area (Å²) >= 11 is 0. The number of hydrogen-bond acceptors (Lipinski definition) is 28. The number of unbranched alkanes of at least 4 members (excludes halogenated alkanes) is 10. The van der Waals surface area contributed by atoms with Gasteiger partial charge in [-0.3, -0.25) is 14.4 Å². The summed E-state index contributed by atoms with van der Waals surface area (Å²) in [7, 11) is 0. The van der Waals surface area contributed by atoms with Crippen molar-refractivity contribution in [2.45, 2.75) is 376 Å². The largest absolute Gasteiger partial charge is 0.455 e. The Morgan fingerprint density at radius 2 is 1.05 bits per heavy atom. The standard InChI is InChI=1S/C68H116O28/c1-10-13-15-16-17-18-21-24-28-32-45(72)89-58-53(80)55(94-68-61(96-64-51(78)49(76)47(74)43(34-69)87-64)60(92-63(82)37(5)38(6)71)56(41(9)85-68)91-62(81)36(4)12-3)40(8)83-65(58)93-54-39(7)84-66-59(52(54)79)90-46(73)33-29-25-22-19-20-23-27-31-42(30-26-14-11-2)86-67-57(95-66)50(77)48(75)44(35-70)88-67/h12,37-44,47-61,64-71,74-80H,10-11,13-35H2,1-9H3/b36-12+/t37?,38?,39-,40-,41-,42?,43+,44+,47+,48+,49-,50-,51+,52+,53+,54-,55-,56-,57+,58+,59+,60+,61+,64-,65-,66+,67+,68-/m0/s1. The molecule has 96 heavy (non-hydrogen) atoms. The van der Waals surface area contributed by atoms with E-state index in [-0.39, 0.29) is 24.5 Å². The number of allylic oxidation sites excluding steroid dienone is 1. The van der Waals surface area contributed by atoms with Crippen LogP contribution in [-0.4, -0.2) is 254 Å². The van der Waals surface area contributed by atoms with Crippen LogP contribution < -0.4 is 0 Å². The summed E-state index contributed by atoms with van der Waals surface area (Å²) in [5, 5.41) is 113. The Kier molecular flexibility index (Phi) is 35.0. The van der Waals surface area contributed by atoms with Gasteiger partial charge in [-0.1, -0.05) is 129 Å². The predicted molar refractivity (Wildman–Crippen MR) is 338 cm³/mol. The maximum atomic E-state index is 14.2. The Bertz CT molecular complexity index is 2310. The second-order valence-corrected chi connectivity index (χ2v) is 26.9. The summed E-state index contributed by atoms with van der Waals surface area (Å²) in [6, 6.07) is 0. The van der Waals surface area contributed by atoms with E-state index in [4.69, 9.17) is 66.3 Å². The van der Waals surface area contributed by atoms with E-state index in [1.54, 1.807) is 6.92 Å². The lowest BCUT2D eigenvalue weighted by Gasteiger charge is -2.50. The fraction of sp³-hybridized carbons (Fsp3) is 0.912. The van der Waals surface area contributed by atoms with Gasteiger partial charge in [0.05, 0.1) is 49.7 Å². The molecule has 0 aromatic rings. The molecule has 6 saturated heterocycles. The van der Waals surface area contributed by atoms with E-state index >= 15 is 0 Å². The molecule has 0 aromatic carbocycles. The molecule has 0 aliphatic carbocycles. The quantitative estimate of drug-likeness (QED) is 0.0231. The lowest BCUT2D eigenvalue weighted by Crippen LogP contribution is -2.68. The summed E-state index contributed by atoms with van der Waals surface area (Å²) in [5.74, 6) is -4.65. The van der Waals surface area contributed by atoms with Crippen molar-refractivity contribution >= 4 is 23.9 Å². The fourth-order valence-corrected chi connectivity index (χ4v) is 12.9. The van der Waals surface area contributed by atoms with Crippen LogP contribution in [0.15, 0.2) is 11.6 Å². The molecule has 3 unspecified atom stereocenters. The monoisotopic (exact) mass is 1380 g/mol. The molecule has 28 atom stereocenters. The molecule has 28 nitrogen and oxygen atoms in total. The fourth-order valence-electron chi connectivity index (χ4n) is 12.9. The Hall–Kier alpha value is -3.18. The first-order valence-corrected chi connectivity index (χ1v) is 35.5. The number of fused-ring (bicyclic) bond motifs is 2. The average Bonchev–Trinajstić information content (AvgIpc) is 0.774. The molecule has 6 fully saturated rings. The molecule has 0 spiro atoms. The molecule has 0 aromatic heterocycles. The maximum Gasteiger partial charge on any atom is 0.333 e. The molecule has 6 heterocycles. The van der Waals surface area contributed by atoms with Crippen molar-refractivity contribution in [3.63, 3.8) is 0 Å². The van der Waals surface area contributed by atoms with E-state index in [0.717, 1.165) is 96.3 Å². The highest BCUT2D eigenvalue weighted by Crippen LogP contribution is 2.40. The highest BCUT2D eigenvalue weighted by molar-refractivity contribution is 5.87. The molecule has 0 amide bonds. The molecule has 6 aliphatic rings. The zero-order chi connectivity index (χ0) is 70.3.